The number of nitrogens with zero attached hydrogens (tertiary/aromatic N) is 4. The smallest absolute Gasteiger partial charge is 0.240 e. The van der Waals surface area contributed by atoms with Crippen LogP contribution in [0.2, 0.25) is 0 Å². The van der Waals surface area contributed by atoms with Crippen LogP contribution in [-0.2, 0) is 23.6 Å². The molecule has 30 heavy (non-hydrogen) atoms. The molecule has 0 saturated heterocycles. The van der Waals surface area contributed by atoms with Crippen molar-refractivity contribution in [2.75, 3.05) is 26.7 Å². The molecule has 0 aliphatic heterocycles. The lowest BCUT2D eigenvalue weighted by Crippen LogP contribution is -2.39. The number of benzene rings is 1. The summed E-state index contributed by atoms with van der Waals surface area (Å²) in [5.74, 6) is 1.07. The fourth-order valence-electron chi connectivity index (χ4n) is 3.11. The number of nitrogens with one attached hydrogen (secondary N) is 2. The Morgan fingerprint density at radius 3 is 2.53 bits per heavy atom. The minimum atomic E-state index is -3.53. The minimum Gasteiger partial charge on any atom is -0.357 e. The van der Waals surface area contributed by atoms with Gasteiger partial charge in [-0.15, -0.1) is 0 Å². The molecule has 1 aromatic carbocycles. The van der Waals surface area contributed by atoms with Crippen LogP contribution in [-0.4, -0.2) is 55.7 Å². The van der Waals surface area contributed by atoms with Crippen molar-refractivity contribution < 1.29 is 8.42 Å². The number of hydrogen-bond acceptors (Lipinski definition) is 4. The second-order valence-electron chi connectivity index (χ2n) is 7.67. The van der Waals surface area contributed by atoms with E-state index in [-0.39, 0.29) is 11.4 Å². The van der Waals surface area contributed by atoms with Gasteiger partial charge in [0.05, 0.1) is 17.1 Å². The number of guanidine groups is 1. The predicted octanol–water partition coefficient (Wildman–Crippen LogP) is 2.23. The number of rotatable bonds is 9. The van der Waals surface area contributed by atoms with Crippen LogP contribution in [0.15, 0.2) is 40.4 Å². The van der Waals surface area contributed by atoms with E-state index in [2.05, 4.69) is 34.0 Å². The average Bonchev–Trinajstić information content (AvgIpc) is 3.05. The maximum atomic E-state index is 12.4. The number of hydrogen-bond donors (Lipinski definition) is 2. The Morgan fingerprint density at radius 2 is 1.93 bits per heavy atom. The van der Waals surface area contributed by atoms with E-state index >= 15 is 0 Å². The summed E-state index contributed by atoms with van der Waals surface area (Å²) in [6.45, 7) is 10.1. The molecule has 0 amide bonds. The zero-order valence-electron chi connectivity index (χ0n) is 18.8. The van der Waals surface area contributed by atoms with Crippen molar-refractivity contribution in [1.29, 1.82) is 0 Å². The Hall–Kier alpha value is -2.39. The molecular weight excluding hydrogens is 400 g/mol. The third kappa shape index (κ3) is 6.56. The van der Waals surface area contributed by atoms with E-state index in [0.29, 0.717) is 19.0 Å². The van der Waals surface area contributed by atoms with Gasteiger partial charge in [-0.3, -0.25) is 9.67 Å². The van der Waals surface area contributed by atoms with Crippen molar-refractivity contribution in [3.63, 3.8) is 0 Å². The Kier molecular flexibility index (Phi) is 8.43. The molecule has 0 atom stereocenters. The molecule has 0 bridgehead atoms. The normalized spacial score (nSPS) is 12.4. The Bertz CT molecular complexity index is 948. The Labute approximate surface area is 180 Å². The third-order valence-corrected chi connectivity index (χ3v) is 6.06. The minimum absolute atomic E-state index is 0.225. The molecule has 2 rings (SSSR count). The van der Waals surface area contributed by atoms with E-state index in [1.165, 1.54) is 0 Å². The van der Waals surface area contributed by atoms with Crippen LogP contribution >= 0.6 is 0 Å². The van der Waals surface area contributed by atoms with E-state index in [9.17, 15) is 8.42 Å². The lowest BCUT2D eigenvalue weighted by molar-refractivity contribution is 0.473. The fraction of sp³-hybridized carbons (Fsp3) is 0.524. The SMILES string of the molecule is CCNC(=NCCNS(=O)(=O)c1ccc(C)cc1)N(C)Cc1cn(C)nc1C(C)C. The summed E-state index contributed by atoms with van der Waals surface area (Å²) in [7, 11) is 0.360. The van der Waals surface area contributed by atoms with E-state index in [0.717, 1.165) is 29.3 Å². The standard InChI is InChI=1S/C21H34N6O2S/c1-7-22-21(26(5)14-18-15-27(6)25-20(18)16(2)3)23-12-13-24-30(28,29)19-10-8-17(4)9-11-19/h8-11,15-16,24H,7,12-14H2,1-6H3,(H,22,23). The fourth-order valence-corrected chi connectivity index (χ4v) is 4.13. The van der Waals surface area contributed by atoms with E-state index in [4.69, 9.17) is 0 Å². The van der Waals surface area contributed by atoms with Crippen molar-refractivity contribution in [3.8, 4) is 0 Å². The van der Waals surface area contributed by atoms with Gasteiger partial charge in [0, 0.05) is 45.5 Å². The summed E-state index contributed by atoms with van der Waals surface area (Å²) >= 11 is 0. The van der Waals surface area contributed by atoms with Gasteiger partial charge in [-0.05, 0) is 31.9 Å². The van der Waals surface area contributed by atoms with Crippen LogP contribution in [0.1, 0.15) is 43.5 Å². The Morgan fingerprint density at radius 1 is 1.27 bits per heavy atom. The predicted molar refractivity (Wildman–Crippen MR) is 121 cm³/mol. The molecule has 9 heteroatoms. The van der Waals surface area contributed by atoms with Crippen molar-refractivity contribution in [2.24, 2.45) is 12.0 Å². The molecule has 8 nitrogen and oxygen atoms in total. The van der Waals surface area contributed by atoms with Gasteiger partial charge in [0.25, 0.3) is 0 Å². The number of sulfonamides is 1. The number of aryl methyl sites for hydroxylation is 2. The number of aliphatic imine (C=N–C) groups is 1. The molecule has 0 aliphatic rings. The molecule has 1 heterocycles. The second kappa shape index (κ2) is 10.6. The highest BCUT2D eigenvalue weighted by molar-refractivity contribution is 7.89. The van der Waals surface area contributed by atoms with Gasteiger partial charge < -0.3 is 10.2 Å². The molecule has 0 radical (unpaired) electrons. The number of aromatic nitrogens is 2. The van der Waals surface area contributed by atoms with Crippen molar-refractivity contribution in [1.82, 2.24) is 24.7 Å². The first kappa shape index (κ1) is 23.9. The van der Waals surface area contributed by atoms with Crippen LogP contribution in [0, 0.1) is 6.92 Å². The topological polar surface area (TPSA) is 91.6 Å². The largest absolute Gasteiger partial charge is 0.357 e. The molecule has 0 aliphatic carbocycles. The molecule has 2 N–H and O–H groups in total. The molecule has 1 aromatic heterocycles. The lowest BCUT2D eigenvalue weighted by atomic mass is 10.1. The molecule has 0 spiro atoms. The maximum absolute atomic E-state index is 12.4. The highest BCUT2D eigenvalue weighted by Gasteiger charge is 2.16. The van der Waals surface area contributed by atoms with Gasteiger partial charge in [0.2, 0.25) is 10.0 Å². The van der Waals surface area contributed by atoms with E-state index in [1.807, 2.05) is 43.7 Å². The van der Waals surface area contributed by atoms with Gasteiger partial charge in [0.1, 0.15) is 0 Å². The monoisotopic (exact) mass is 434 g/mol. The summed E-state index contributed by atoms with van der Waals surface area (Å²) in [6.07, 6.45) is 2.03. The molecule has 2 aromatic rings. The van der Waals surface area contributed by atoms with Crippen molar-refractivity contribution >= 4 is 16.0 Å². The Balaban J connectivity index is 2.00. The third-order valence-electron chi connectivity index (χ3n) is 4.58. The molecule has 0 fully saturated rings. The first-order valence-corrected chi connectivity index (χ1v) is 11.7. The van der Waals surface area contributed by atoms with Crippen LogP contribution < -0.4 is 10.0 Å². The molecule has 0 unspecified atom stereocenters. The highest BCUT2D eigenvalue weighted by atomic mass is 32.2. The highest BCUT2D eigenvalue weighted by Crippen LogP contribution is 2.18. The average molecular weight is 435 g/mol. The quantitative estimate of drug-likeness (QED) is 0.359. The van der Waals surface area contributed by atoms with E-state index < -0.39 is 10.0 Å². The second-order valence-corrected chi connectivity index (χ2v) is 9.44. The van der Waals surface area contributed by atoms with E-state index in [1.54, 1.807) is 24.3 Å². The van der Waals surface area contributed by atoms with Gasteiger partial charge in [-0.1, -0.05) is 31.5 Å². The lowest BCUT2D eigenvalue weighted by Gasteiger charge is -2.22. The van der Waals surface area contributed by atoms with Crippen LogP contribution in [0.3, 0.4) is 0 Å². The summed E-state index contributed by atoms with van der Waals surface area (Å²) < 4.78 is 29.2. The van der Waals surface area contributed by atoms with Crippen LogP contribution in [0.5, 0.6) is 0 Å². The molecular formula is C21H34N6O2S. The zero-order chi connectivity index (χ0) is 22.3. The summed E-state index contributed by atoms with van der Waals surface area (Å²) in [5, 5.41) is 7.82. The summed E-state index contributed by atoms with van der Waals surface area (Å²) in [5.41, 5.74) is 3.25. The summed E-state index contributed by atoms with van der Waals surface area (Å²) in [6, 6.07) is 6.79. The van der Waals surface area contributed by atoms with Gasteiger partial charge >= 0.3 is 0 Å². The van der Waals surface area contributed by atoms with Gasteiger partial charge in [0.15, 0.2) is 5.96 Å². The first-order chi connectivity index (χ1) is 14.1. The van der Waals surface area contributed by atoms with Crippen LogP contribution in [0.4, 0.5) is 0 Å². The van der Waals surface area contributed by atoms with Gasteiger partial charge in [-0.2, -0.15) is 5.10 Å². The summed E-state index contributed by atoms with van der Waals surface area (Å²) in [4.78, 5) is 6.87. The van der Waals surface area contributed by atoms with Crippen LogP contribution in [0.25, 0.3) is 0 Å². The molecule has 0 saturated carbocycles. The zero-order valence-corrected chi connectivity index (χ0v) is 19.6. The van der Waals surface area contributed by atoms with Gasteiger partial charge in [-0.25, -0.2) is 13.1 Å². The first-order valence-electron chi connectivity index (χ1n) is 10.2. The molecule has 166 valence electrons. The van der Waals surface area contributed by atoms with Crippen molar-refractivity contribution in [3.05, 3.63) is 47.3 Å². The maximum Gasteiger partial charge on any atom is 0.240 e. The van der Waals surface area contributed by atoms with Crippen molar-refractivity contribution in [2.45, 2.75) is 45.1 Å².